The van der Waals surface area contributed by atoms with E-state index < -0.39 is 0 Å². The number of hydrogen-bond acceptors (Lipinski definition) is 4. The first-order valence-electron chi connectivity index (χ1n) is 4.97. The van der Waals surface area contributed by atoms with Crippen LogP contribution in [0.2, 0.25) is 0 Å². The summed E-state index contributed by atoms with van der Waals surface area (Å²) in [5.41, 5.74) is 5.47. The van der Waals surface area contributed by atoms with Crippen LogP contribution in [-0.4, -0.2) is 39.6 Å². The Morgan fingerprint density at radius 3 is 2.65 bits per heavy atom. The van der Waals surface area contributed by atoms with E-state index in [4.69, 9.17) is 23.1 Å². The molecule has 17 heavy (non-hydrogen) atoms. The molecule has 1 rings (SSSR count). The van der Waals surface area contributed by atoms with Gasteiger partial charge in [-0.05, 0) is 12.1 Å². The lowest BCUT2D eigenvalue weighted by atomic mass is 10.1. The molecule has 0 spiro atoms. The summed E-state index contributed by atoms with van der Waals surface area (Å²) in [6.07, 6.45) is 0.427. The summed E-state index contributed by atoms with van der Waals surface area (Å²) >= 11 is 4.72. The van der Waals surface area contributed by atoms with Crippen molar-refractivity contribution in [3.05, 3.63) is 23.8 Å². The van der Waals surface area contributed by atoms with Crippen LogP contribution in [0, 0.1) is 0 Å². The van der Waals surface area contributed by atoms with Crippen LogP contribution in [0.4, 0.5) is 0 Å². The average molecular weight is 254 g/mol. The standard InChI is InChI=1S/C11H14N2O3S/c1-13(5-4-10(12)17)11(16)8-3-2-7(14)6-9(8)15/h2-3,6,14-15H,4-5H2,1H3,(H2,12,17). The zero-order chi connectivity index (χ0) is 13.0. The van der Waals surface area contributed by atoms with Gasteiger partial charge in [-0.1, -0.05) is 12.2 Å². The molecule has 0 aliphatic carbocycles. The molecular formula is C11H14N2O3S. The maximum atomic E-state index is 11.9. The first-order chi connectivity index (χ1) is 7.91. The summed E-state index contributed by atoms with van der Waals surface area (Å²) < 4.78 is 0. The molecule has 0 atom stereocenters. The average Bonchev–Trinajstić information content (AvgIpc) is 2.25. The lowest BCUT2D eigenvalue weighted by molar-refractivity contribution is 0.0796. The summed E-state index contributed by atoms with van der Waals surface area (Å²) in [6.45, 7) is 0.383. The van der Waals surface area contributed by atoms with Crippen molar-refractivity contribution in [3.8, 4) is 11.5 Å². The van der Waals surface area contributed by atoms with Gasteiger partial charge >= 0.3 is 0 Å². The molecule has 0 fully saturated rings. The number of aromatic hydroxyl groups is 2. The van der Waals surface area contributed by atoms with Gasteiger partial charge in [0.2, 0.25) is 0 Å². The first kappa shape index (κ1) is 13.2. The molecular weight excluding hydrogens is 240 g/mol. The maximum absolute atomic E-state index is 11.9. The molecule has 1 aromatic rings. The Morgan fingerprint density at radius 2 is 2.12 bits per heavy atom. The Balaban J connectivity index is 2.78. The second kappa shape index (κ2) is 5.49. The number of carbonyl (C=O) groups excluding carboxylic acids is 1. The third-order valence-corrected chi connectivity index (χ3v) is 2.46. The number of hydrogen-bond donors (Lipinski definition) is 3. The van der Waals surface area contributed by atoms with Crippen molar-refractivity contribution in [1.29, 1.82) is 0 Å². The van der Waals surface area contributed by atoms with Gasteiger partial charge in [-0.15, -0.1) is 0 Å². The molecule has 1 aromatic carbocycles. The van der Waals surface area contributed by atoms with Crippen LogP contribution in [0.25, 0.3) is 0 Å². The predicted octanol–water partition coefficient (Wildman–Crippen LogP) is 0.846. The van der Waals surface area contributed by atoms with E-state index >= 15 is 0 Å². The Kier molecular flexibility index (Phi) is 4.28. The molecule has 0 saturated carbocycles. The van der Waals surface area contributed by atoms with E-state index in [0.717, 1.165) is 6.07 Å². The maximum Gasteiger partial charge on any atom is 0.257 e. The topological polar surface area (TPSA) is 86.8 Å². The minimum absolute atomic E-state index is 0.0927. The summed E-state index contributed by atoms with van der Waals surface area (Å²) in [6, 6.07) is 3.83. The van der Waals surface area contributed by atoms with Crippen molar-refractivity contribution < 1.29 is 15.0 Å². The Bertz CT molecular complexity index is 448. The van der Waals surface area contributed by atoms with Gasteiger partial charge < -0.3 is 20.8 Å². The van der Waals surface area contributed by atoms with E-state index in [9.17, 15) is 9.90 Å². The molecule has 0 radical (unpaired) electrons. The SMILES string of the molecule is CN(CCC(N)=S)C(=O)c1ccc(O)cc1O. The van der Waals surface area contributed by atoms with Gasteiger partial charge in [-0.2, -0.15) is 0 Å². The predicted molar refractivity (Wildman–Crippen MR) is 68.1 cm³/mol. The van der Waals surface area contributed by atoms with Crippen LogP contribution in [0.1, 0.15) is 16.8 Å². The number of amides is 1. The highest BCUT2D eigenvalue weighted by Gasteiger charge is 2.15. The smallest absolute Gasteiger partial charge is 0.257 e. The lowest BCUT2D eigenvalue weighted by Crippen LogP contribution is -2.30. The number of carbonyl (C=O) groups is 1. The molecule has 0 bridgehead atoms. The molecule has 6 heteroatoms. The van der Waals surface area contributed by atoms with Crippen molar-refractivity contribution >= 4 is 23.1 Å². The molecule has 0 unspecified atom stereocenters. The normalized spacial score (nSPS) is 9.94. The quantitative estimate of drug-likeness (QED) is 0.693. The fourth-order valence-electron chi connectivity index (χ4n) is 1.29. The monoisotopic (exact) mass is 254 g/mol. The van der Waals surface area contributed by atoms with E-state index in [1.165, 1.54) is 17.0 Å². The zero-order valence-corrected chi connectivity index (χ0v) is 10.2. The molecule has 92 valence electrons. The number of benzene rings is 1. The third kappa shape index (κ3) is 3.60. The molecule has 0 saturated heterocycles. The molecule has 0 aromatic heterocycles. The molecule has 1 amide bonds. The highest BCUT2D eigenvalue weighted by atomic mass is 32.1. The van der Waals surface area contributed by atoms with Gasteiger partial charge in [0.1, 0.15) is 11.5 Å². The van der Waals surface area contributed by atoms with Gasteiger partial charge in [0.05, 0.1) is 10.6 Å². The largest absolute Gasteiger partial charge is 0.508 e. The number of rotatable bonds is 4. The Labute approximate surface area is 104 Å². The Morgan fingerprint density at radius 1 is 1.47 bits per heavy atom. The van der Waals surface area contributed by atoms with Gasteiger partial charge in [-0.25, -0.2) is 0 Å². The van der Waals surface area contributed by atoms with Gasteiger partial charge in [0, 0.05) is 26.1 Å². The number of nitrogens with two attached hydrogens (primary N) is 1. The van der Waals surface area contributed by atoms with E-state index in [0.29, 0.717) is 18.0 Å². The van der Waals surface area contributed by atoms with Gasteiger partial charge in [-0.3, -0.25) is 4.79 Å². The van der Waals surface area contributed by atoms with Crippen molar-refractivity contribution in [2.45, 2.75) is 6.42 Å². The van der Waals surface area contributed by atoms with Crippen LogP contribution < -0.4 is 5.73 Å². The summed E-state index contributed by atoms with van der Waals surface area (Å²) in [4.78, 5) is 13.6. The van der Waals surface area contributed by atoms with Crippen molar-refractivity contribution in [1.82, 2.24) is 4.90 Å². The second-order valence-corrected chi connectivity index (χ2v) is 4.17. The fraction of sp³-hybridized carbons (Fsp3) is 0.273. The van der Waals surface area contributed by atoms with E-state index in [1.54, 1.807) is 7.05 Å². The highest BCUT2D eigenvalue weighted by Crippen LogP contribution is 2.23. The molecule has 0 heterocycles. The molecule has 4 N–H and O–H groups in total. The highest BCUT2D eigenvalue weighted by molar-refractivity contribution is 7.80. The third-order valence-electron chi connectivity index (χ3n) is 2.25. The number of phenols is 2. The van der Waals surface area contributed by atoms with Crippen molar-refractivity contribution in [3.63, 3.8) is 0 Å². The Hall–Kier alpha value is -1.82. The van der Waals surface area contributed by atoms with Crippen LogP contribution in [-0.2, 0) is 0 Å². The van der Waals surface area contributed by atoms with E-state index in [-0.39, 0.29) is 23.0 Å². The van der Waals surface area contributed by atoms with E-state index in [1.807, 2.05) is 0 Å². The van der Waals surface area contributed by atoms with Crippen molar-refractivity contribution in [2.24, 2.45) is 5.73 Å². The zero-order valence-electron chi connectivity index (χ0n) is 9.38. The van der Waals surface area contributed by atoms with E-state index in [2.05, 4.69) is 0 Å². The van der Waals surface area contributed by atoms with Crippen molar-refractivity contribution in [2.75, 3.05) is 13.6 Å². The minimum Gasteiger partial charge on any atom is -0.508 e. The number of thiocarbonyl (C=S) groups is 1. The summed E-state index contributed by atoms with van der Waals surface area (Å²) in [7, 11) is 1.59. The molecule has 0 aliphatic heterocycles. The van der Waals surface area contributed by atoms with Gasteiger partial charge in [0.25, 0.3) is 5.91 Å². The summed E-state index contributed by atoms with van der Waals surface area (Å²) in [5, 5.41) is 18.6. The molecule has 0 aliphatic rings. The van der Waals surface area contributed by atoms with Crippen LogP contribution in [0.3, 0.4) is 0 Å². The van der Waals surface area contributed by atoms with Crippen LogP contribution >= 0.6 is 12.2 Å². The summed E-state index contributed by atoms with van der Waals surface area (Å²) in [5.74, 6) is -0.694. The first-order valence-corrected chi connectivity index (χ1v) is 5.38. The minimum atomic E-state index is -0.348. The number of phenolic OH excluding ortho intramolecular Hbond substituents is 2. The number of nitrogens with zero attached hydrogens (tertiary/aromatic N) is 1. The second-order valence-electron chi connectivity index (χ2n) is 3.64. The molecule has 5 nitrogen and oxygen atoms in total. The van der Waals surface area contributed by atoms with Gasteiger partial charge in [0.15, 0.2) is 0 Å². The fourth-order valence-corrected chi connectivity index (χ4v) is 1.38. The van der Waals surface area contributed by atoms with Crippen LogP contribution in [0.15, 0.2) is 18.2 Å². The lowest BCUT2D eigenvalue weighted by Gasteiger charge is -2.17. The van der Waals surface area contributed by atoms with Crippen LogP contribution in [0.5, 0.6) is 11.5 Å².